The quantitative estimate of drug-likeness (QED) is 0.278. The fourth-order valence-electron chi connectivity index (χ4n) is 2.77. The highest BCUT2D eigenvalue weighted by atomic mass is 35.5. The Bertz CT molecular complexity index is 339. The van der Waals surface area contributed by atoms with Crippen LogP contribution < -0.4 is 0 Å². The molecule has 0 nitrogen and oxygen atoms in total. The van der Waals surface area contributed by atoms with Gasteiger partial charge in [0.05, 0.1) is 5.38 Å². The molecule has 0 radical (unpaired) electrons. The van der Waals surface area contributed by atoms with Crippen molar-refractivity contribution in [3.63, 3.8) is 0 Å². The van der Waals surface area contributed by atoms with Gasteiger partial charge in [0.2, 0.25) is 0 Å². The highest BCUT2D eigenvalue weighted by molar-refractivity contribution is 6.20. The van der Waals surface area contributed by atoms with Gasteiger partial charge in [0.1, 0.15) is 0 Å². The van der Waals surface area contributed by atoms with Crippen molar-refractivity contribution in [2.24, 2.45) is 0 Å². The first-order valence-corrected chi connectivity index (χ1v) is 9.40. The summed E-state index contributed by atoms with van der Waals surface area (Å²) in [7, 11) is 0. The molecule has 0 aliphatic heterocycles. The molecule has 0 saturated carbocycles. The van der Waals surface area contributed by atoms with Crippen molar-refractivity contribution >= 4 is 11.6 Å². The Hall–Kier alpha value is -0.490. The molecule has 1 aromatic carbocycles. The highest BCUT2D eigenvalue weighted by Gasteiger charge is 2.00. The van der Waals surface area contributed by atoms with Gasteiger partial charge in [-0.3, -0.25) is 0 Å². The van der Waals surface area contributed by atoms with Gasteiger partial charge in [-0.15, -0.1) is 11.6 Å². The number of halogens is 1. The van der Waals surface area contributed by atoms with Gasteiger partial charge in [0.25, 0.3) is 0 Å². The van der Waals surface area contributed by atoms with E-state index in [-0.39, 0.29) is 5.38 Å². The van der Waals surface area contributed by atoms with Crippen LogP contribution in [0.5, 0.6) is 0 Å². The molecule has 0 spiro atoms. The fourth-order valence-corrected chi connectivity index (χ4v) is 2.91. The minimum atomic E-state index is 0.122. The van der Waals surface area contributed by atoms with Crippen molar-refractivity contribution in [1.29, 1.82) is 0 Å². The van der Waals surface area contributed by atoms with Crippen LogP contribution in [0.1, 0.15) is 94.6 Å². The van der Waals surface area contributed by atoms with Gasteiger partial charge in [0.15, 0.2) is 0 Å². The van der Waals surface area contributed by atoms with Gasteiger partial charge in [-0.2, -0.15) is 0 Å². The predicted molar refractivity (Wildman–Crippen MR) is 96.3 cm³/mol. The standard InChI is InChI=1S/C20H33Cl/c1-3-4-5-6-7-8-9-10-11-12-13-19-14-16-20(17-15-19)18(2)21/h14-18H,3-13H2,1-2H3. The number of rotatable bonds is 12. The Balaban J connectivity index is 1.96. The summed E-state index contributed by atoms with van der Waals surface area (Å²) in [6.07, 6.45) is 15.3. The molecule has 1 heteroatoms. The predicted octanol–water partition coefficient (Wildman–Crippen LogP) is 7.45. The second-order valence-corrected chi connectivity index (χ2v) is 6.94. The van der Waals surface area contributed by atoms with E-state index in [0.29, 0.717) is 0 Å². The summed E-state index contributed by atoms with van der Waals surface area (Å²) < 4.78 is 0. The molecule has 1 rings (SSSR count). The molecule has 0 fully saturated rings. The summed E-state index contributed by atoms with van der Waals surface area (Å²) in [4.78, 5) is 0. The van der Waals surface area contributed by atoms with E-state index >= 15 is 0 Å². The maximum atomic E-state index is 6.07. The van der Waals surface area contributed by atoms with Crippen molar-refractivity contribution < 1.29 is 0 Å². The average Bonchev–Trinajstić information content (AvgIpc) is 2.49. The summed E-state index contributed by atoms with van der Waals surface area (Å²) in [5.41, 5.74) is 2.68. The molecular weight excluding hydrogens is 276 g/mol. The largest absolute Gasteiger partial charge is 0.118 e. The second-order valence-electron chi connectivity index (χ2n) is 6.29. The number of hydrogen-bond acceptors (Lipinski definition) is 0. The van der Waals surface area contributed by atoms with Crippen LogP contribution in [0.25, 0.3) is 0 Å². The molecule has 1 atom stereocenters. The van der Waals surface area contributed by atoms with E-state index in [1.165, 1.54) is 81.8 Å². The van der Waals surface area contributed by atoms with Crippen LogP contribution >= 0.6 is 11.6 Å². The molecule has 0 amide bonds. The Morgan fingerprint density at radius 1 is 0.762 bits per heavy atom. The van der Waals surface area contributed by atoms with E-state index in [2.05, 4.69) is 31.2 Å². The summed E-state index contributed by atoms with van der Waals surface area (Å²) >= 11 is 6.07. The summed E-state index contributed by atoms with van der Waals surface area (Å²) in [6.45, 7) is 4.31. The Labute approximate surface area is 137 Å². The topological polar surface area (TPSA) is 0 Å². The number of alkyl halides is 1. The SMILES string of the molecule is CCCCCCCCCCCCc1ccc(C(C)Cl)cc1. The monoisotopic (exact) mass is 308 g/mol. The number of benzene rings is 1. The Morgan fingerprint density at radius 2 is 1.24 bits per heavy atom. The second kappa shape index (κ2) is 12.1. The van der Waals surface area contributed by atoms with Crippen molar-refractivity contribution in [2.75, 3.05) is 0 Å². The molecule has 0 aliphatic carbocycles. The van der Waals surface area contributed by atoms with Crippen molar-refractivity contribution in [3.05, 3.63) is 35.4 Å². The van der Waals surface area contributed by atoms with Crippen molar-refractivity contribution in [2.45, 2.75) is 89.9 Å². The molecule has 0 aromatic heterocycles. The Morgan fingerprint density at radius 3 is 1.71 bits per heavy atom. The molecule has 0 aliphatic rings. The molecule has 0 heterocycles. The van der Waals surface area contributed by atoms with Gasteiger partial charge in [-0.05, 0) is 30.9 Å². The first-order chi connectivity index (χ1) is 10.2. The molecule has 1 aromatic rings. The molecule has 120 valence electrons. The number of hydrogen-bond donors (Lipinski definition) is 0. The molecule has 1 unspecified atom stereocenters. The maximum Gasteiger partial charge on any atom is 0.0557 e. The van der Waals surface area contributed by atoms with Crippen LogP contribution in [0.4, 0.5) is 0 Å². The molecule has 0 N–H and O–H groups in total. The van der Waals surface area contributed by atoms with Gasteiger partial charge in [0, 0.05) is 0 Å². The molecular formula is C20H33Cl. The van der Waals surface area contributed by atoms with Crippen molar-refractivity contribution in [1.82, 2.24) is 0 Å². The fraction of sp³-hybridized carbons (Fsp3) is 0.700. The lowest BCUT2D eigenvalue weighted by Crippen LogP contribution is -1.89. The van der Waals surface area contributed by atoms with Crippen LogP contribution in [-0.2, 0) is 6.42 Å². The van der Waals surface area contributed by atoms with E-state index in [4.69, 9.17) is 11.6 Å². The zero-order valence-corrected chi connectivity index (χ0v) is 14.8. The van der Waals surface area contributed by atoms with Crippen LogP contribution in [0.2, 0.25) is 0 Å². The lowest BCUT2D eigenvalue weighted by Gasteiger charge is -2.06. The molecule has 21 heavy (non-hydrogen) atoms. The average molecular weight is 309 g/mol. The van der Waals surface area contributed by atoms with Crippen LogP contribution in [0.15, 0.2) is 24.3 Å². The van der Waals surface area contributed by atoms with Gasteiger partial charge >= 0.3 is 0 Å². The Kier molecular flexibility index (Phi) is 10.7. The van der Waals surface area contributed by atoms with Gasteiger partial charge < -0.3 is 0 Å². The zero-order chi connectivity index (χ0) is 15.3. The lowest BCUT2D eigenvalue weighted by atomic mass is 10.0. The molecule has 0 saturated heterocycles. The lowest BCUT2D eigenvalue weighted by molar-refractivity contribution is 0.556. The van der Waals surface area contributed by atoms with Crippen LogP contribution in [0.3, 0.4) is 0 Å². The third-order valence-corrected chi connectivity index (χ3v) is 4.51. The van der Waals surface area contributed by atoms with Crippen molar-refractivity contribution in [3.8, 4) is 0 Å². The zero-order valence-electron chi connectivity index (χ0n) is 14.0. The van der Waals surface area contributed by atoms with E-state index in [1.807, 2.05) is 6.92 Å². The smallest absolute Gasteiger partial charge is 0.0557 e. The van der Waals surface area contributed by atoms with Crippen LogP contribution in [-0.4, -0.2) is 0 Å². The van der Waals surface area contributed by atoms with E-state index in [9.17, 15) is 0 Å². The third-order valence-electron chi connectivity index (χ3n) is 4.26. The van der Waals surface area contributed by atoms with Gasteiger partial charge in [-0.25, -0.2) is 0 Å². The third kappa shape index (κ3) is 9.19. The molecule has 0 bridgehead atoms. The van der Waals surface area contributed by atoms with E-state index < -0.39 is 0 Å². The summed E-state index contributed by atoms with van der Waals surface area (Å²) in [5.74, 6) is 0. The summed E-state index contributed by atoms with van der Waals surface area (Å²) in [6, 6.07) is 8.82. The highest BCUT2D eigenvalue weighted by Crippen LogP contribution is 2.20. The first-order valence-electron chi connectivity index (χ1n) is 8.97. The first kappa shape index (κ1) is 18.6. The maximum absolute atomic E-state index is 6.07. The van der Waals surface area contributed by atoms with E-state index in [0.717, 1.165) is 0 Å². The number of aryl methyl sites for hydroxylation is 1. The van der Waals surface area contributed by atoms with Crippen LogP contribution in [0, 0.1) is 0 Å². The number of unbranched alkanes of at least 4 members (excludes halogenated alkanes) is 9. The minimum Gasteiger partial charge on any atom is -0.118 e. The summed E-state index contributed by atoms with van der Waals surface area (Å²) in [5, 5.41) is 0.122. The van der Waals surface area contributed by atoms with Gasteiger partial charge in [-0.1, -0.05) is 89.0 Å². The van der Waals surface area contributed by atoms with E-state index in [1.54, 1.807) is 0 Å². The normalized spacial score (nSPS) is 12.5. The minimum absolute atomic E-state index is 0.122.